The highest BCUT2D eigenvalue weighted by atomic mass is 19.1. The van der Waals surface area contributed by atoms with Crippen LogP contribution in [0.15, 0.2) is 79.1 Å². The number of nitrogens with zero attached hydrogens (tertiary/aromatic N) is 4. The van der Waals surface area contributed by atoms with Crippen LogP contribution in [0.1, 0.15) is 15.9 Å². The van der Waals surface area contributed by atoms with Gasteiger partial charge in [-0.15, -0.1) is 0 Å². The van der Waals surface area contributed by atoms with Crippen molar-refractivity contribution in [1.82, 2.24) is 20.3 Å². The van der Waals surface area contributed by atoms with E-state index in [4.69, 9.17) is 0 Å². The van der Waals surface area contributed by atoms with Crippen molar-refractivity contribution in [3.05, 3.63) is 106 Å². The molecule has 36 heavy (non-hydrogen) atoms. The zero-order chi connectivity index (χ0) is 25.3. The molecule has 11 heteroatoms. The normalized spacial score (nSPS) is 10.5. The van der Waals surface area contributed by atoms with Gasteiger partial charge in [-0.2, -0.15) is 0 Å². The second kappa shape index (κ2) is 11.5. The molecule has 0 aliphatic rings. The number of rotatable bonds is 10. The first-order valence-electron chi connectivity index (χ1n) is 11.0. The zero-order valence-corrected chi connectivity index (χ0v) is 19.0. The lowest BCUT2D eigenvalue weighted by atomic mass is 10.1. The topological polar surface area (TPSA) is 135 Å². The molecule has 0 atom stereocenters. The molecule has 2 heterocycles. The fourth-order valence-corrected chi connectivity index (χ4v) is 3.25. The van der Waals surface area contributed by atoms with Crippen molar-refractivity contribution in [3.63, 3.8) is 0 Å². The Morgan fingerprint density at radius 2 is 1.67 bits per heavy atom. The summed E-state index contributed by atoms with van der Waals surface area (Å²) in [7, 11) is 0. The van der Waals surface area contributed by atoms with Crippen molar-refractivity contribution < 1.29 is 14.1 Å². The number of carbonyl (C=O) groups excluding carboxylic acids is 1. The van der Waals surface area contributed by atoms with E-state index in [1.165, 1.54) is 24.4 Å². The predicted molar refractivity (Wildman–Crippen MR) is 133 cm³/mol. The standard InChI is InChI=1S/C25H22FN7O3/c26-20-7-1-17(2-8-20)15-31-24(34)19-5-3-18(4-6-19)22-11-12-28-25(32-22)29-14-13-27-23-10-9-21(16-30-23)33(35)36/h1-12,16H,13-15H2,(H,27,30)(H,31,34)(H,28,29,32). The van der Waals surface area contributed by atoms with Crippen LogP contribution >= 0.6 is 0 Å². The van der Waals surface area contributed by atoms with Crippen molar-refractivity contribution in [1.29, 1.82) is 0 Å². The number of anilines is 2. The van der Waals surface area contributed by atoms with Gasteiger partial charge in [-0.05, 0) is 42.0 Å². The number of benzene rings is 2. The summed E-state index contributed by atoms with van der Waals surface area (Å²) < 4.78 is 13.0. The van der Waals surface area contributed by atoms with Gasteiger partial charge in [0.1, 0.15) is 17.8 Å². The van der Waals surface area contributed by atoms with Crippen molar-refractivity contribution >= 4 is 23.4 Å². The maximum Gasteiger partial charge on any atom is 0.287 e. The van der Waals surface area contributed by atoms with Gasteiger partial charge >= 0.3 is 0 Å². The number of nitrogens with one attached hydrogen (secondary N) is 3. The molecule has 4 rings (SSSR count). The van der Waals surface area contributed by atoms with Gasteiger partial charge in [0.15, 0.2) is 0 Å². The summed E-state index contributed by atoms with van der Waals surface area (Å²) in [6.07, 6.45) is 2.84. The number of carbonyl (C=O) groups is 1. The average Bonchev–Trinajstić information content (AvgIpc) is 2.91. The summed E-state index contributed by atoms with van der Waals surface area (Å²) in [5.41, 5.74) is 2.75. The maximum absolute atomic E-state index is 13.0. The van der Waals surface area contributed by atoms with Gasteiger partial charge in [0, 0.05) is 43.0 Å². The van der Waals surface area contributed by atoms with Crippen LogP contribution in [0.2, 0.25) is 0 Å². The summed E-state index contributed by atoms with van der Waals surface area (Å²) in [5, 5.41) is 19.7. The van der Waals surface area contributed by atoms with Crippen LogP contribution in [0, 0.1) is 15.9 Å². The van der Waals surface area contributed by atoms with Gasteiger partial charge in [0.25, 0.3) is 11.6 Å². The molecule has 0 aliphatic carbocycles. The molecule has 3 N–H and O–H groups in total. The number of hydrogen-bond donors (Lipinski definition) is 3. The maximum atomic E-state index is 13.0. The van der Waals surface area contributed by atoms with Gasteiger partial charge in [-0.1, -0.05) is 24.3 Å². The first-order valence-corrected chi connectivity index (χ1v) is 11.0. The van der Waals surface area contributed by atoms with E-state index in [1.807, 2.05) is 0 Å². The summed E-state index contributed by atoms with van der Waals surface area (Å²) in [6, 6.07) is 17.7. The van der Waals surface area contributed by atoms with Gasteiger partial charge in [-0.25, -0.2) is 19.3 Å². The van der Waals surface area contributed by atoms with E-state index in [2.05, 4.69) is 30.9 Å². The lowest BCUT2D eigenvalue weighted by molar-refractivity contribution is -0.385. The van der Waals surface area contributed by atoms with Crippen molar-refractivity contribution in [3.8, 4) is 11.3 Å². The number of halogens is 1. The molecule has 0 saturated carbocycles. The van der Waals surface area contributed by atoms with Crippen LogP contribution in [-0.2, 0) is 6.54 Å². The largest absolute Gasteiger partial charge is 0.368 e. The van der Waals surface area contributed by atoms with Crippen LogP contribution in [0.3, 0.4) is 0 Å². The summed E-state index contributed by atoms with van der Waals surface area (Å²) >= 11 is 0. The Morgan fingerprint density at radius 3 is 2.36 bits per heavy atom. The van der Waals surface area contributed by atoms with E-state index in [0.717, 1.165) is 11.1 Å². The molecular weight excluding hydrogens is 465 g/mol. The fraction of sp³-hybridized carbons (Fsp3) is 0.120. The predicted octanol–water partition coefficient (Wildman–Crippen LogP) is 4.04. The van der Waals surface area contributed by atoms with E-state index < -0.39 is 4.92 Å². The molecule has 0 unspecified atom stereocenters. The molecule has 182 valence electrons. The van der Waals surface area contributed by atoms with E-state index in [9.17, 15) is 19.3 Å². The molecule has 0 spiro atoms. The van der Waals surface area contributed by atoms with E-state index in [1.54, 1.807) is 54.7 Å². The number of nitro groups is 1. The Balaban J connectivity index is 1.28. The molecule has 0 aliphatic heterocycles. The van der Waals surface area contributed by atoms with E-state index >= 15 is 0 Å². The molecule has 0 fully saturated rings. The minimum atomic E-state index is -0.499. The molecule has 2 aromatic carbocycles. The average molecular weight is 487 g/mol. The number of aromatic nitrogens is 3. The van der Waals surface area contributed by atoms with Crippen molar-refractivity contribution in [2.24, 2.45) is 0 Å². The van der Waals surface area contributed by atoms with Crippen LogP contribution < -0.4 is 16.0 Å². The molecule has 2 aromatic heterocycles. The van der Waals surface area contributed by atoms with E-state index in [-0.39, 0.29) is 17.4 Å². The Labute approximate surface area is 205 Å². The van der Waals surface area contributed by atoms with Crippen molar-refractivity contribution in [2.75, 3.05) is 23.7 Å². The first kappa shape index (κ1) is 24.2. The van der Waals surface area contributed by atoms with Crippen LogP contribution in [-0.4, -0.2) is 38.9 Å². The Hall–Kier alpha value is -4.93. The number of amides is 1. The third kappa shape index (κ3) is 6.56. The van der Waals surface area contributed by atoms with Gasteiger partial charge in [0.05, 0.1) is 10.6 Å². The third-order valence-electron chi connectivity index (χ3n) is 5.14. The Bertz CT molecular complexity index is 1330. The smallest absolute Gasteiger partial charge is 0.287 e. The Morgan fingerprint density at radius 1 is 0.917 bits per heavy atom. The highest BCUT2D eigenvalue weighted by Crippen LogP contribution is 2.18. The lowest BCUT2D eigenvalue weighted by Gasteiger charge is -2.09. The molecule has 4 aromatic rings. The van der Waals surface area contributed by atoms with Gasteiger partial charge < -0.3 is 16.0 Å². The monoisotopic (exact) mass is 487 g/mol. The molecule has 0 bridgehead atoms. The number of hydrogen-bond acceptors (Lipinski definition) is 8. The van der Waals surface area contributed by atoms with Gasteiger partial charge in [-0.3, -0.25) is 14.9 Å². The third-order valence-corrected chi connectivity index (χ3v) is 5.14. The zero-order valence-electron chi connectivity index (χ0n) is 19.0. The van der Waals surface area contributed by atoms with Crippen LogP contribution in [0.4, 0.5) is 21.8 Å². The molecular formula is C25H22FN7O3. The summed E-state index contributed by atoms with van der Waals surface area (Å²) in [6.45, 7) is 1.30. The van der Waals surface area contributed by atoms with Gasteiger partial charge in [0.2, 0.25) is 5.95 Å². The highest BCUT2D eigenvalue weighted by molar-refractivity contribution is 5.94. The second-order valence-electron chi connectivity index (χ2n) is 7.66. The quantitative estimate of drug-likeness (QED) is 0.173. The summed E-state index contributed by atoms with van der Waals surface area (Å²) in [5.74, 6) is 0.414. The SMILES string of the molecule is O=C(NCc1ccc(F)cc1)c1ccc(-c2ccnc(NCCNc3ccc([N+](=O)[O-])cn3)n2)cc1. The fourth-order valence-electron chi connectivity index (χ4n) is 3.25. The molecule has 10 nitrogen and oxygen atoms in total. The molecule has 1 amide bonds. The summed E-state index contributed by atoms with van der Waals surface area (Å²) in [4.78, 5) is 35.3. The van der Waals surface area contributed by atoms with Crippen LogP contribution in [0.5, 0.6) is 0 Å². The molecule has 0 saturated heterocycles. The first-order chi connectivity index (χ1) is 17.5. The highest BCUT2D eigenvalue weighted by Gasteiger charge is 2.08. The molecule has 0 radical (unpaired) electrons. The van der Waals surface area contributed by atoms with Crippen LogP contribution in [0.25, 0.3) is 11.3 Å². The Kier molecular flexibility index (Phi) is 7.71. The van der Waals surface area contributed by atoms with Crippen molar-refractivity contribution in [2.45, 2.75) is 6.54 Å². The number of pyridine rings is 1. The van der Waals surface area contributed by atoms with E-state index in [0.29, 0.717) is 42.7 Å². The second-order valence-corrected chi connectivity index (χ2v) is 7.66. The minimum Gasteiger partial charge on any atom is -0.368 e. The lowest BCUT2D eigenvalue weighted by Crippen LogP contribution is -2.22. The minimum absolute atomic E-state index is 0.0671.